The fourth-order valence-corrected chi connectivity index (χ4v) is 2.09. The lowest BCUT2D eigenvalue weighted by Gasteiger charge is -2.08. The molecule has 0 saturated heterocycles. The van der Waals surface area contributed by atoms with Crippen molar-refractivity contribution >= 4 is 28.9 Å². The van der Waals surface area contributed by atoms with Crippen LogP contribution < -0.4 is 5.32 Å². The molecule has 2 N–H and O–H groups in total. The Kier molecular flexibility index (Phi) is 4.09. The summed E-state index contributed by atoms with van der Waals surface area (Å²) in [5.41, 5.74) is 0.832. The highest BCUT2D eigenvalue weighted by molar-refractivity contribution is 6.31. The smallest absolute Gasteiger partial charge is 0.271 e. The Morgan fingerprint density at radius 3 is 2.62 bits per heavy atom. The molecule has 0 aromatic heterocycles. The van der Waals surface area contributed by atoms with Crippen LogP contribution in [0.15, 0.2) is 36.4 Å². The van der Waals surface area contributed by atoms with Gasteiger partial charge in [0.2, 0.25) is 0 Å². The summed E-state index contributed by atoms with van der Waals surface area (Å²) in [6, 6.07) is 8.17. The number of anilines is 1. The van der Waals surface area contributed by atoms with Crippen molar-refractivity contribution in [1.29, 1.82) is 0 Å². The number of rotatable bonds is 3. The average molecular weight is 307 g/mol. The van der Waals surface area contributed by atoms with Gasteiger partial charge in [0.1, 0.15) is 5.75 Å². The second-order valence-corrected chi connectivity index (χ2v) is 4.87. The number of phenolic OH excluding ortho intramolecular Hbond substituents is 1. The van der Waals surface area contributed by atoms with Gasteiger partial charge in [0.05, 0.1) is 10.6 Å². The lowest BCUT2D eigenvalue weighted by atomic mass is 10.1. The molecule has 0 fully saturated rings. The predicted molar refractivity (Wildman–Crippen MR) is 78.9 cm³/mol. The van der Waals surface area contributed by atoms with E-state index in [1.54, 1.807) is 19.1 Å². The van der Waals surface area contributed by atoms with E-state index in [1.165, 1.54) is 6.07 Å². The number of carbonyl (C=O) groups is 1. The summed E-state index contributed by atoms with van der Waals surface area (Å²) in [4.78, 5) is 22.2. The zero-order valence-corrected chi connectivity index (χ0v) is 11.7. The molecular formula is C14H11ClN2O4. The monoisotopic (exact) mass is 306 g/mol. The molecule has 0 aliphatic heterocycles. The van der Waals surface area contributed by atoms with Crippen LogP contribution in [0.25, 0.3) is 0 Å². The molecule has 0 aliphatic rings. The number of aryl methyl sites for hydroxylation is 1. The van der Waals surface area contributed by atoms with E-state index in [4.69, 9.17) is 11.6 Å². The zero-order valence-electron chi connectivity index (χ0n) is 11.0. The molecule has 6 nitrogen and oxygen atoms in total. The molecule has 0 heterocycles. The molecule has 0 saturated carbocycles. The Morgan fingerprint density at radius 1 is 1.29 bits per heavy atom. The van der Waals surface area contributed by atoms with Crippen molar-refractivity contribution in [1.82, 2.24) is 0 Å². The standard InChI is InChI=1S/C14H11ClN2O4/c1-8-4-9(6-10(15)5-8)14(19)16-12-7-11(17(20)21)2-3-13(12)18/h2-7,18H,1H3,(H,16,19). The second kappa shape index (κ2) is 5.80. The summed E-state index contributed by atoms with van der Waals surface area (Å²) in [7, 11) is 0. The molecule has 7 heteroatoms. The molecule has 21 heavy (non-hydrogen) atoms. The normalized spacial score (nSPS) is 10.2. The molecular weight excluding hydrogens is 296 g/mol. The fraction of sp³-hybridized carbons (Fsp3) is 0.0714. The third-order valence-corrected chi connectivity index (χ3v) is 2.96. The number of nitro benzene ring substituents is 1. The molecule has 2 aromatic rings. The number of benzene rings is 2. The molecule has 2 aromatic carbocycles. The summed E-state index contributed by atoms with van der Waals surface area (Å²) >= 11 is 5.88. The predicted octanol–water partition coefficient (Wildman–Crippen LogP) is 3.51. The van der Waals surface area contributed by atoms with Gasteiger partial charge >= 0.3 is 0 Å². The van der Waals surface area contributed by atoms with Crippen LogP contribution in [-0.4, -0.2) is 15.9 Å². The van der Waals surface area contributed by atoms with E-state index in [0.717, 1.165) is 23.8 Å². The topological polar surface area (TPSA) is 92.5 Å². The summed E-state index contributed by atoms with van der Waals surface area (Å²) in [6.45, 7) is 1.79. The zero-order chi connectivity index (χ0) is 15.6. The molecule has 0 atom stereocenters. The molecule has 0 unspecified atom stereocenters. The van der Waals surface area contributed by atoms with Crippen LogP contribution in [0.4, 0.5) is 11.4 Å². The van der Waals surface area contributed by atoms with Gasteiger partial charge in [0.15, 0.2) is 0 Å². The Morgan fingerprint density at radius 2 is 2.00 bits per heavy atom. The highest BCUT2D eigenvalue weighted by atomic mass is 35.5. The third kappa shape index (κ3) is 3.49. The Labute approximate surface area is 125 Å². The number of nitrogens with one attached hydrogen (secondary N) is 1. The number of hydrogen-bond donors (Lipinski definition) is 2. The molecule has 1 amide bonds. The summed E-state index contributed by atoms with van der Waals surface area (Å²) in [5.74, 6) is -0.774. The van der Waals surface area contributed by atoms with Gasteiger partial charge in [-0.05, 0) is 36.8 Å². The first-order chi connectivity index (χ1) is 9.86. The number of non-ortho nitro benzene ring substituents is 1. The third-order valence-electron chi connectivity index (χ3n) is 2.74. The molecule has 0 bridgehead atoms. The van der Waals surface area contributed by atoms with Crippen molar-refractivity contribution in [3.05, 3.63) is 62.7 Å². The van der Waals surface area contributed by atoms with Gasteiger partial charge in [-0.15, -0.1) is 0 Å². The Bertz CT molecular complexity index is 711. The lowest BCUT2D eigenvalue weighted by Crippen LogP contribution is -2.12. The van der Waals surface area contributed by atoms with Crippen LogP contribution in [0.2, 0.25) is 5.02 Å². The SMILES string of the molecule is Cc1cc(Cl)cc(C(=O)Nc2cc([N+](=O)[O-])ccc2O)c1. The maximum atomic E-state index is 12.1. The van der Waals surface area contributed by atoms with Gasteiger partial charge in [0, 0.05) is 22.7 Å². The number of nitro groups is 1. The van der Waals surface area contributed by atoms with E-state index in [1.807, 2.05) is 0 Å². The summed E-state index contributed by atoms with van der Waals surface area (Å²) < 4.78 is 0. The molecule has 0 radical (unpaired) electrons. The highest BCUT2D eigenvalue weighted by Crippen LogP contribution is 2.28. The first kappa shape index (κ1) is 14.8. The number of amides is 1. The van der Waals surface area contributed by atoms with Gasteiger partial charge < -0.3 is 10.4 Å². The average Bonchev–Trinajstić information content (AvgIpc) is 2.39. The first-order valence-corrected chi connectivity index (χ1v) is 6.30. The van der Waals surface area contributed by atoms with Crippen molar-refractivity contribution in [3.8, 4) is 5.75 Å². The van der Waals surface area contributed by atoms with E-state index in [2.05, 4.69) is 5.32 Å². The second-order valence-electron chi connectivity index (χ2n) is 4.43. The number of halogens is 1. The van der Waals surface area contributed by atoms with E-state index >= 15 is 0 Å². The molecule has 0 aliphatic carbocycles. The maximum absolute atomic E-state index is 12.1. The Balaban J connectivity index is 2.31. The minimum atomic E-state index is -0.612. The number of aromatic hydroxyl groups is 1. The number of hydrogen-bond acceptors (Lipinski definition) is 4. The highest BCUT2D eigenvalue weighted by Gasteiger charge is 2.14. The number of phenols is 1. The van der Waals surface area contributed by atoms with E-state index in [9.17, 15) is 20.0 Å². The molecule has 108 valence electrons. The van der Waals surface area contributed by atoms with Crippen LogP contribution in [0.5, 0.6) is 5.75 Å². The largest absolute Gasteiger partial charge is 0.506 e. The van der Waals surface area contributed by atoms with Gasteiger partial charge in [0.25, 0.3) is 11.6 Å². The van der Waals surface area contributed by atoms with Gasteiger partial charge in [-0.3, -0.25) is 14.9 Å². The van der Waals surface area contributed by atoms with Crippen LogP contribution in [0, 0.1) is 17.0 Å². The quantitative estimate of drug-likeness (QED) is 0.515. The summed E-state index contributed by atoms with van der Waals surface area (Å²) in [5, 5.41) is 23.2. The maximum Gasteiger partial charge on any atom is 0.271 e. The van der Waals surface area contributed by atoms with E-state index in [-0.39, 0.29) is 17.1 Å². The van der Waals surface area contributed by atoms with Crippen LogP contribution in [-0.2, 0) is 0 Å². The van der Waals surface area contributed by atoms with Crippen molar-refractivity contribution in [3.63, 3.8) is 0 Å². The number of nitrogens with zero attached hydrogens (tertiary/aromatic N) is 1. The minimum absolute atomic E-state index is 0.0353. The van der Waals surface area contributed by atoms with Crippen LogP contribution in [0.3, 0.4) is 0 Å². The first-order valence-electron chi connectivity index (χ1n) is 5.93. The number of carbonyl (C=O) groups excluding carboxylic acids is 1. The van der Waals surface area contributed by atoms with Crippen molar-refractivity contribution < 1.29 is 14.8 Å². The van der Waals surface area contributed by atoms with Crippen molar-refractivity contribution in [2.45, 2.75) is 6.92 Å². The van der Waals surface area contributed by atoms with Crippen molar-refractivity contribution in [2.24, 2.45) is 0 Å². The lowest BCUT2D eigenvalue weighted by molar-refractivity contribution is -0.384. The van der Waals surface area contributed by atoms with Gasteiger partial charge in [-0.2, -0.15) is 0 Å². The van der Waals surface area contributed by atoms with Gasteiger partial charge in [-0.1, -0.05) is 11.6 Å². The molecule has 0 spiro atoms. The van der Waals surface area contributed by atoms with E-state index in [0.29, 0.717) is 10.6 Å². The van der Waals surface area contributed by atoms with Crippen LogP contribution >= 0.6 is 11.6 Å². The van der Waals surface area contributed by atoms with Crippen LogP contribution in [0.1, 0.15) is 15.9 Å². The van der Waals surface area contributed by atoms with Crippen molar-refractivity contribution in [2.75, 3.05) is 5.32 Å². The fourth-order valence-electron chi connectivity index (χ4n) is 1.80. The van der Waals surface area contributed by atoms with E-state index < -0.39 is 10.8 Å². The minimum Gasteiger partial charge on any atom is -0.506 e. The summed E-state index contributed by atoms with van der Waals surface area (Å²) in [6.07, 6.45) is 0. The Hall–Kier alpha value is -2.60. The van der Waals surface area contributed by atoms with Gasteiger partial charge in [-0.25, -0.2) is 0 Å². The molecule has 2 rings (SSSR count).